The Balaban J connectivity index is 1.81. The predicted octanol–water partition coefficient (Wildman–Crippen LogP) is 4.68. The Bertz CT molecular complexity index is 615. The average molecular weight is 368 g/mol. The third-order valence-corrected chi connectivity index (χ3v) is 6.11. The van der Waals surface area contributed by atoms with Gasteiger partial charge in [0, 0.05) is 21.6 Å². The van der Waals surface area contributed by atoms with E-state index < -0.39 is 0 Å². The van der Waals surface area contributed by atoms with Gasteiger partial charge in [-0.15, -0.1) is 11.3 Å². The molecule has 1 amide bonds. The van der Waals surface area contributed by atoms with Crippen molar-refractivity contribution in [2.45, 2.75) is 17.5 Å². The van der Waals surface area contributed by atoms with Crippen LogP contribution in [0.25, 0.3) is 0 Å². The molecule has 0 unspecified atom stereocenters. The van der Waals surface area contributed by atoms with Gasteiger partial charge < -0.3 is 5.32 Å². The zero-order valence-electron chi connectivity index (χ0n) is 10.8. The highest BCUT2D eigenvalue weighted by Crippen LogP contribution is 2.32. The third kappa shape index (κ3) is 2.95. The SMILES string of the molecule is O=C(Nc1ccccc1CBr)c1cc2c(s1)CCSC2. The number of aryl methyl sites for hydroxylation is 1. The van der Waals surface area contributed by atoms with Crippen LogP contribution in [0.1, 0.15) is 25.7 Å². The van der Waals surface area contributed by atoms with E-state index in [4.69, 9.17) is 0 Å². The van der Waals surface area contributed by atoms with Crippen LogP contribution in [0.4, 0.5) is 5.69 Å². The molecule has 2 heterocycles. The molecule has 0 bridgehead atoms. The van der Waals surface area contributed by atoms with Gasteiger partial charge >= 0.3 is 0 Å². The van der Waals surface area contributed by atoms with E-state index in [-0.39, 0.29) is 5.91 Å². The number of benzene rings is 1. The number of nitrogens with one attached hydrogen (secondary N) is 1. The summed E-state index contributed by atoms with van der Waals surface area (Å²) >= 11 is 7.03. The second-order valence-electron chi connectivity index (χ2n) is 4.61. The van der Waals surface area contributed by atoms with Crippen molar-refractivity contribution in [3.63, 3.8) is 0 Å². The molecule has 2 aromatic rings. The first kappa shape index (κ1) is 14.2. The van der Waals surface area contributed by atoms with Gasteiger partial charge in [0.15, 0.2) is 0 Å². The molecule has 0 radical (unpaired) electrons. The summed E-state index contributed by atoms with van der Waals surface area (Å²) in [5, 5.41) is 3.76. The van der Waals surface area contributed by atoms with Crippen molar-refractivity contribution in [2.24, 2.45) is 0 Å². The van der Waals surface area contributed by atoms with E-state index in [1.165, 1.54) is 16.2 Å². The van der Waals surface area contributed by atoms with Crippen molar-refractivity contribution in [3.8, 4) is 0 Å². The molecule has 5 heteroatoms. The predicted molar refractivity (Wildman–Crippen MR) is 91.2 cm³/mol. The summed E-state index contributed by atoms with van der Waals surface area (Å²) in [5.74, 6) is 2.21. The average Bonchev–Trinajstić information content (AvgIpc) is 2.92. The van der Waals surface area contributed by atoms with E-state index in [1.807, 2.05) is 36.0 Å². The van der Waals surface area contributed by atoms with E-state index in [1.54, 1.807) is 11.3 Å². The van der Waals surface area contributed by atoms with Crippen molar-refractivity contribution in [1.29, 1.82) is 0 Å². The number of rotatable bonds is 3. The standard InChI is InChI=1S/C15H14BrNOS2/c16-8-10-3-1-2-4-12(10)17-15(18)14-7-11-9-19-6-5-13(11)20-14/h1-4,7H,5-6,8-9H2,(H,17,18). The van der Waals surface area contributed by atoms with Crippen LogP contribution in [0.5, 0.6) is 0 Å². The van der Waals surface area contributed by atoms with Crippen molar-refractivity contribution in [1.82, 2.24) is 0 Å². The summed E-state index contributed by atoms with van der Waals surface area (Å²) in [6, 6.07) is 9.93. The van der Waals surface area contributed by atoms with Gasteiger partial charge in [-0.3, -0.25) is 4.79 Å². The topological polar surface area (TPSA) is 29.1 Å². The van der Waals surface area contributed by atoms with E-state index in [0.717, 1.165) is 33.6 Å². The number of para-hydroxylation sites is 1. The zero-order chi connectivity index (χ0) is 13.9. The number of carbonyl (C=O) groups excluding carboxylic acids is 1. The molecule has 0 spiro atoms. The molecule has 3 rings (SSSR count). The number of alkyl halides is 1. The monoisotopic (exact) mass is 367 g/mol. The third-order valence-electron chi connectivity index (χ3n) is 3.26. The minimum absolute atomic E-state index is 0.00259. The van der Waals surface area contributed by atoms with Crippen molar-refractivity contribution in [2.75, 3.05) is 11.1 Å². The molecule has 104 valence electrons. The Morgan fingerprint density at radius 3 is 3.00 bits per heavy atom. The first-order valence-electron chi connectivity index (χ1n) is 6.42. The molecule has 1 aliphatic rings. The summed E-state index contributed by atoms with van der Waals surface area (Å²) in [7, 11) is 0. The summed E-state index contributed by atoms with van der Waals surface area (Å²) in [4.78, 5) is 14.6. The fourth-order valence-electron chi connectivity index (χ4n) is 2.20. The molecule has 2 nitrogen and oxygen atoms in total. The summed E-state index contributed by atoms with van der Waals surface area (Å²) in [6.45, 7) is 0. The van der Waals surface area contributed by atoms with Crippen LogP contribution < -0.4 is 5.32 Å². The van der Waals surface area contributed by atoms with Gasteiger partial charge in [0.2, 0.25) is 0 Å². The number of halogens is 1. The maximum atomic E-state index is 12.4. The van der Waals surface area contributed by atoms with Gasteiger partial charge in [-0.25, -0.2) is 0 Å². The molecule has 0 aliphatic carbocycles. The zero-order valence-corrected chi connectivity index (χ0v) is 14.0. The number of hydrogen-bond donors (Lipinski definition) is 1. The number of carbonyl (C=O) groups is 1. The van der Waals surface area contributed by atoms with Crippen LogP contribution in [-0.4, -0.2) is 11.7 Å². The first-order chi connectivity index (χ1) is 9.78. The number of anilines is 1. The van der Waals surface area contributed by atoms with E-state index >= 15 is 0 Å². The van der Waals surface area contributed by atoms with Crippen molar-refractivity contribution >= 4 is 50.6 Å². The summed E-state index contributed by atoms with van der Waals surface area (Å²) in [5.41, 5.74) is 3.32. The first-order valence-corrected chi connectivity index (χ1v) is 9.52. The Hall–Kier alpha value is -0.780. The number of amides is 1. The lowest BCUT2D eigenvalue weighted by Crippen LogP contribution is -2.11. The number of thiophene rings is 1. The molecule has 0 atom stereocenters. The number of thioether (sulfide) groups is 1. The molecule has 1 aliphatic heterocycles. The highest BCUT2D eigenvalue weighted by atomic mass is 79.9. The second kappa shape index (κ2) is 6.33. The Morgan fingerprint density at radius 1 is 1.35 bits per heavy atom. The van der Waals surface area contributed by atoms with Crippen LogP contribution in [0.2, 0.25) is 0 Å². The molecule has 0 saturated carbocycles. The van der Waals surface area contributed by atoms with Gasteiger partial charge in [0.1, 0.15) is 0 Å². The molecule has 1 aromatic heterocycles. The Morgan fingerprint density at radius 2 is 2.20 bits per heavy atom. The molecule has 0 fully saturated rings. The lowest BCUT2D eigenvalue weighted by molar-refractivity contribution is 0.103. The largest absolute Gasteiger partial charge is 0.321 e. The number of fused-ring (bicyclic) bond motifs is 1. The van der Waals surface area contributed by atoms with Crippen LogP contribution in [0, 0.1) is 0 Å². The highest BCUT2D eigenvalue weighted by Gasteiger charge is 2.18. The fourth-order valence-corrected chi connectivity index (χ4v) is 4.96. The summed E-state index contributed by atoms with van der Waals surface area (Å²) in [6.07, 6.45) is 1.09. The molecule has 20 heavy (non-hydrogen) atoms. The Labute approximate surface area is 135 Å². The fraction of sp³-hybridized carbons (Fsp3) is 0.267. The normalized spacial score (nSPS) is 13.8. The van der Waals surface area contributed by atoms with Crippen LogP contribution in [0.3, 0.4) is 0 Å². The highest BCUT2D eigenvalue weighted by molar-refractivity contribution is 9.08. The lowest BCUT2D eigenvalue weighted by Gasteiger charge is -2.08. The minimum atomic E-state index is 0.00259. The van der Waals surface area contributed by atoms with Crippen LogP contribution >= 0.6 is 39.0 Å². The van der Waals surface area contributed by atoms with Gasteiger partial charge in [-0.2, -0.15) is 11.8 Å². The maximum absolute atomic E-state index is 12.4. The van der Waals surface area contributed by atoms with E-state index in [9.17, 15) is 4.79 Å². The maximum Gasteiger partial charge on any atom is 0.265 e. The van der Waals surface area contributed by atoms with E-state index in [0.29, 0.717) is 0 Å². The molecule has 0 saturated heterocycles. The molecule has 1 aromatic carbocycles. The summed E-state index contributed by atoms with van der Waals surface area (Å²) < 4.78 is 0. The van der Waals surface area contributed by atoms with Gasteiger partial charge in [-0.05, 0) is 35.4 Å². The van der Waals surface area contributed by atoms with Gasteiger partial charge in [0.05, 0.1) is 4.88 Å². The number of hydrogen-bond acceptors (Lipinski definition) is 3. The quantitative estimate of drug-likeness (QED) is 0.797. The Kier molecular flexibility index (Phi) is 4.48. The van der Waals surface area contributed by atoms with Gasteiger partial charge in [0.25, 0.3) is 5.91 Å². The van der Waals surface area contributed by atoms with Crippen molar-refractivity contribution in [3.05, 3.63) is 51.2 Å². The second-order valence-corrected chi connectivity index (χ2v) is 7.41. The van der Waals surface area contributed by atoms with Crippen molar-refractivity contribution < 1.29 is 4.79 Å². The van der Waals surface area contributed by atoms with E-state index in [2.05, 4.69) is 27.3 Å². The van der Waals surface area contributed by atoms with Crippen LogP contribution in [-0.2, 0) is 17.5 Å². The van der Waals surface area contributed by atoms with Gasteiger partial charge in [-0.1, -0.05) is 34.1 Å². The van der Waals surface area contributed by atoms with Crippen LogP contribution in [0.15, 0.2) is 30.3 Å². The minimum Gasteiger partial charge on any atom is -0.321 e. The smallest absolute Gasteiger partial charge is 0.265 e. The molecular weight excluding hydrogens is 354 g/mol. The molecule has 1 N–H and O–H groups in total. The lowest BCUT2D eigenvalue weighted by atomic mass is 10.2. The molecular formula is C15H14BrNOS2.